The molecular formula is C27H28O5. The van der Waals surface area contributed by atoms with Crippen LogP contribution in [0.25, 0.3) is 6.08 Å². The highest BCUT2D eigenvalue weighted by molar-refractivity contribution is 5.75. The SMILES string of the molecule is CCOc1ccc(COc2ccc(/C=C/C=O)c(OCc3ccc(OCC)cc3)c2)cc1. The standard InChI is InChI=1S/C27H28O5/c1-3-29-24-12-7-21(8-13-24)19-31-26-16-11-23(6-5-17-28)27(18-26)32-20-22-9-14-25(15-10-22)30-4-2/h5-18H,3-4,19-20H2,1-2H3/b6-5+. The number of hydrogen-bond acceptors (Lipinski definition) is 5. The van der Waals surface area contributed by atoms with Crippen LogP contribution in [0.5, 0.6) is 23.0 Å². The first-order valence-electron chi connectivity index (χ1n) is 10.7. The van der Waals surface area contributed by atoms with E-state index in [1.807, 2.05) is 80.6 Å². The topological polar surface area (TPSA) is 54.0 Å². The van der Waals surface area contributed by atoms with Crippen molar-refractivity contribution >= 4 is 12.4 Å². The number of carbonyl (C=O) groups is 1. The van der Waals surface area contributed by atoms with Gasteiger partial charge in [0.1, 0.15) is 42.5 Å². The Morgan fingerprint density at radius 2 is 1.19 bits per heavy atom. The van der Waals surface area contributed by atoms with Gasteiger partial charge in [0, 0.05) is 11.6 Å². The smallest absolute Gasteiger partial charge is 0.142 e. The molecule has 0 aliphatic heterocycles. The molecule has 5 nitrogen and oxygen atoms in total. The summed E-state index contributed by atoms with van der Waals surface area (Å²) in [5.74, 6) is 2.99. The number of hydrogen-bond donors (Lipinski definition) is 0. The number of rotatable bonds is 12. The van der Waals surface area contributed by atoms with Crippen LogP contribution in [0.15, 0.2) is 72.8 Å². The van der Waals surface area contributed by atoms with Gasteiger partial charge >= 0.3 is 0 Å². The van der Waals surface area contributed by atoms with E-state index in [-0.39, 0.29) is 0 Å². The fraction of sp³-hybridized carbons (Fsp3) is 0.222. The van der Waals surface area contributed by atoms with E-state index in [2.05, 4.69) is 0 Å². The lowest BCUT2D eigenvalue weighted by atomic mass is 10.1. The summed E-state index contributed by atoms with van der Waals surface area (Å²) in [4.78, 5) is 10.8. The van der Waals surface area contributed by atoms with Crippen LogP contribution in [0.4, 0.5) is 0 Å². The molecule has 0 fully saturated rings. The Balaban J connectivity index is 1.68. The zero-order chi connectivity index (χ0) is 22.6. The molecule has 0 aromatic heterocycles. The van der Waals surface area contributed by atoms with Crippen molar-refractivity contribution in [3.05, 3.63) is 89.5 Å². The van der Waals surface area contributed by atoms with Gasteiger partial charge in [-0.1, -0.05) is 24.3 Å². The molecule has 0 amide bonds. The lowest BCUT2D eigenvalue weighted by Gasteiger charge is -2.13. The van der Waals surface area contributed by atoms with Gasteiger partial charge in [0.05, 0.1) is 13.2 Å². The van der Waals surface area contributed by atoms with E-state index in [1.54, 1.807) is 6.08 Å². The average molecular weight is 433 g/mol. The molecule has 3 aromatic rings. The molecule has 0 unspecified atom stereocenters. The van der Waals surface area contributed by atoms with Crippen molar-refractivity contribution in [2.75, 3.05) is 13.2 Å². The molecule has 3 rings (SSSR count). The van der Waals surface area contributed by atoms with E-state index in [0.717, 1.165) is 34.5 Å². The van der Waals surface area contributed by atoms with Gasteiger partial charge in [-0.25, -0.2) is 0 Å². The van der Waals surface area contributed by atoms with E-state index in [0.29, 0.717) is 37.9 Å². The Bertz CT molecular complexity index is 1010. The van der Waals surface area contributed by atoms with E-state index in [4.69, 9.17) is 18.9 Å². The van der Waals surface area contributed by atoms with Crippen LogP contribution in [-0.2, 0) is 18.0 Å². The summed E-state index contributed by atoms with van der Waals surface area (Å²) in [7, 11) is 0. The predicted octanol–water partition coefficient (Wildman–Crippen LogP) is 5.85. The first kappa shape index (κ1) is 22.9. The second-order valence-corrected chi connectivity index (χ2v) is 6.93. The molecule has 166 valence electrons. The normalized spacial score (nSPS) is 10.7. The van der Waals surface area contributed by atoms with Crippen LogP contribution >= 0.6 is 0 Å². The summed E-state index contributed by atoms with van der Waals surface area (Å²) in [6, 6.07) is 21.2. The average Bonchev–Trinajstić information content (AvgIpc) is 2.83. The molecule has 0 N–H and O–H groups in total. The Morgan fingerprint density at radius 3 is 1.72 bits per heavy atom. The Hall–Kier alpha value is -3.73. The van der Waals surface area contributed by atoms with E-state index in [9.17, 15) is 4.79 Å². The lowest BCUT2D eigenvalue weighted by Crippen LogP contribution is -2.00. The first-order valence-corrected chi connectivity index (χ1v) is 10.7. The van der Waals surface area contributed by atoms with Gasteiger partial charge in [-0.3, -0.25) is 4.79 Å². The van der Waals surface area contributed by atoms with Crippen molar-refractivity contribution in [2.24, 2.45) is 0 Å². The van der Waals surface area contributed by atoms with Gasteiger partial charge in [-0.15, -0.1) is 0 Å². The molecule has 0 bridgehead atoms. The quantitative estimate of drug-likeness (QED) is 0.265. The fourth-order valence-corrected chi connectivity index (χ4v) is 3.04. The zero-order valence-electron chi connectivity index (χ0n) is 18.5. The fourth-order valence-electron chi connectivity index (χ4n) is 3.04. The maximum Gasteiger partial charge on any atom is 0.142 e. The van der Waals surface area contributed by atoms with Crippen molar-refractivity contribution in [1.82, 2.24) is 0 Å². The second-order valence-electron chi connectivity index (χ2n) is 6.93. The number of allylic oxidation sites excluding steroid dienone is 1. The second kappa shape index (κ2) is 12.2. The molecule has 0 aliphatic rings. The molecule has 0 spiro atoms. The minimum absolute atomic E-state index is 0.386. The molecule has 32 heavy (non-hydrogen) atoms. The molecule has 0 saturated carbocycles. The Morgan fingerprint density at radius 1 is 0.656 bits per heavy atom. The predicted molar refractivity (Wildman–Crippen MR) is 125 cm³/mol. The Kier molecular flexibility index (Phi) is 8.75. The highest BCUT2D eigenvalue weighted by Gasteiger charge is 2.06. The maximum atomic E-state index is 10.8. The van der Waals surface area contributed by atoms with Gasteiger partial charge in [0.2, 0.25) is 0 Å². The van der Waals surface area contributed by atoms with E-state index in [1.165, 1.54) is 6.08 Å². The zero-order valence-corrected chi connectivity index (χ0v) is 18.5. The molecule has 0 radical (unpaired) electrons. The number of aldehydes is 1. The summed E-state index contributed by atoms with van der Waals surface area (Å²) in [6.07, 6.45) is 3.91. The van der Waals surface area contributed by atoms with Gasteiger partial charge in [-0.05, 0) is 73.5 Å². The molecular weight excluding hydrogens is 404 g/mol. The third-order valence-electron chi connectivity index (χ3n) is 4.61. The number of ether oxygens (including phenoxy) is 4. The van der Waals surface area contributed by atoms with Crippen LogP contribution in [0.1, 0.15) is 30.5 Å². The van der Waals surface area contributed by atoms with Crippen LogP contribution in [0.3, 0.4) is 0 Å². The monoisotopic (exact) mass is 432 g/mol. The minimum atomic E-state index is 0.386. The molecule has 0 atom stereocenters. The van der Waals surface area contributed by atoms with Crippen molar-refractivity contribution < 1.29 is 23.7 Å². The van der Waals surface area contributed by atoms with E-state index >= 15 is 0 Å². The third-order valence-corrected chi connectivity index (χ3v) is 4.61. The summed E-state index contributed by atoms with van der Waals surface area (Å²) in [5.41, 5.74) is 2.85. The van der Waals surface area contributed by atoms with E-state index < -0.39 is 0 Å². The minimum Gasteiger partial charge on any atom is -0.494 e. The van der Waals surface area contributed by atoms with Crippen LogP contribution in [0, 0.1) is 0 Å². The van der Waals surface area contributed by atoms with Gasteiger partial charge in [0.15, 0.2) is 0 Å². The first-order chi connectivity index (χ1) is 15.7. The molecule has 0 saturated heterocycles. The van der Waals surface area contributed by atoms with Crippen LogP contribution in [0.2, 0.25) is 0 Å². The summed E-state index contributed by atoms with van der Waals surface area (Å²) in [5, 5.41) is 0. The summed E-state index contributed by atoms with van der Waals surface area (Å²) >= 11 is 0. The molecule has 0 aliphatic carbocycles. The van der Waals surface area contributed by atoms with Crippen LogP contribution in [-0.4, -0.2) is 19.5 Å². The molecule has 5 heteroatoms. The Labute approximate surface area is 189 Å². The largest absolute Gasteiger partial charge is 0.494 e. The van der Waals surface area contributed by atoms with Gasteiger partial charge in [0.25, 0.3) is 0 Å². The summed E-state index contributed by atoms with van der Waals surface area (Å²) < 4.78 is 23.0. The van der Waals surface area contributed by atoms with Crippen molar-refractivity contribution in [2.45, 2.75) is 27.1 Å². The molecule has 0 heterocycles. The highest BCUT2D eigenvalue weighted by Crippen LogP contribution is 2.28. The number of carbonyl (C=O) groups excluding carboxylic acids is 1. The lowest BCUT2D eigenvalue weighted by molar-refractivity contribution is -0.104. The van der Waals surface area contributed by atoms with Crippen molar-refractivity contribution in [1.29, 1.82) is 0 Å². The van der Waals surface area contributed by atoms with Crippen molar-refractivity contribution in [3.8, 4) is 23.0 Å². The van der Waals surface area contributed by atoms with Gasteiger partial charge in [-0.2, -0.15) is 0 Å². The number of benzene rings is 3. The molecule has 3 aromatic carbocycles. The maximum absolute atomic E-state index is 10.8. The van der Waals surface area contributed by atoms with Crippen molar-refractivity contribution in [3.63, 3.8) is 0 Å². The third kappa shape index (κ3) is 6.91. The summed E-state index contributed by atoms with van der Waals surface area (Å²) in [6.45, 7) is 5.99. The van der Waals surface area contributed by atoms with Gasteiger partial charge < -0.3 is 18.9 Å². The van der Waals surface area contributed by atoms with Crippen LogP contribution < -0.4 is 18.9 Å². The highest BCUT2D eigenvalue weighted by atomic mass is 16.5.